The highest BCUT2D eigenvalue weighted by Gasteiger charge is 2.68. The number of rotatable bonds is 20. The van der Waals surface area contributed by atoms with Crippen LogP contribution in [0.2, 0.25) is 0 Å². The van der Waals surface area contributed by atoms with Crippen molar-refractivity contribution < 1.29 is 38.4 Å². The summed E-state index contributed by atoms with van der Waals surface area (Å²) in [5.74, 6) is -2.06. The molecule has 340 valence electrons. The average molecular weight is 853 g/mol. The molecule has 0 spiro atoms. The van der Waals surface area contributed by atoms with Gasteiger partial charge in [0.25, 0.3) is 0 Å². The summed E-state index contributed by atoms with van der Waals surface area (Å²) in [5.41, 5.74) is 12.3. The monoisotopic (exact) mass is 853 g/mol. The number of piperidine rings is 1. The summed E-state index contributed by atoms with van der Waals surface area (Å²) in [7, 11) is -0.644. The van der Waals surface area contributed by atoms with Crippen molar-refractivity contribution in [2.75, 3.05) is 26.2 Å². The quantitative estimate of drug-likeness (QED) is 0.0702. The Morgan fingerprint density at radius 2 is 1.38 bits per heavy atom. The van der Waals surface area contributed by atoms with Gasteiger partial charge in [-0.2, -0.15) is 0 Å². The van der Waals surface area contributed by atoms with Gasteiger partial charge < -0.3 is 57.4 Å². The minimum absolute atomic E-state index is 0.0496. The van der Waals surface area contributed by atoms with Crippen LogP contribution in [0.5, 0.6) is 0 Å². The maximum absolute atomic E-state index is 13.7. The van der Waals surface area contributed by atoms with Crippen LogP contribution in [-0.2, 0) is 33.9 Å². The Bertz CT molecular complexity index is 1680. The van der Waals surface area contributed by atoms with E-state index < -0.39 is 72.6 Å². The molecule has 5 fully saturated rings. The molecule has 2 aliphatic heterocycles. The van der Waals surface area contributed by atoms with Gasteiger partial charge in [-0.3, -0.25) is 19.2 Å². The van der Waals surface area contributed by atoms with E-state index in [9.17, 15) is 29.1 Å². The molecule has 2 bridgehead atoms. The van der Waals surface area contributed by atoms with Crippen LogP contribution in [0.15, 0.2) is 30.3 Å². The number of benzene rings is 1. The third kappa shape index (κ3) is 11.3. The number of nitrogens with two attached hydrogens (primary N) is 2. The first-order valence-corrected chi connectivity index (χ1v) is 22.6. The Morgan fingerprint density at radius 3 is 1.95 bits per heavy atom. The van der Waals surface area contributed by atoms with Gasteiger partial charge in [0.15, 0.2) is 0 Å². The Balaban J connectivity index is 1.15. The number of hydrogen-bond acceptors (Lipinski definition) is 10. The molecule has 5 aliphatic rings. The Kier molecular flexibility index (Phi) is 16.3. The van der Waals surface area contributed by atoms with Gasteiger partial charge in [0.2, 0.25) is 23.6 Å². The lowest BCUT2D eigenvalue weighted by atomic mass is 9.43. The lowest BCUT2D eigenvalue weighted by Crippen LogP contribution is -2.65. The molecule has 3 saturated carbocycles. The second kappa shape index (κ2) is 20.6. The van der Waals surface area contributed by atoms with Crippen LogP contribution in [0.4, 0.5) is 4.79 Å². The number of unbranched alkanes of at least 4 members (excludes halogenated alkanes) is 2. The molecule has 6 amide bonds. The van der Waals surface area contributed by atoms with Crippen molar-refractivity contribution in [1.82, 2.24) is 31.5 Å². The lowest BCUT2D eigenvalue weighted by Gasteiger charge is -2.64. The van der Waals surface area contributed by atoms with Crippen molar-refractivity contribution in [1.29, 1.82) is 0 Å². The normalized spacial score (nSPS) is 26.6. The first kappa shape index (κ1) is 48.3. The van der Waals surface area contributed by atoms with Crippen LogP contribution in [0.25, 0.3) is 0 Å². The summed E-state index contributed by atoms with van der Waals surface area (Å²) in [5, 5.41) is 24.5. The standard InChI is InChI=1S/C44H73BN8O8/c1-27(37(55)50-32(17-11-13-21-46)38(56)49-29(3)45-60-35-26-31-25-34(42(31,4)5)44(35,7)61-45)48-40(58)36(28(2)54)52-39(57)33(18-12-14-22-47)51-41(59)53-23-19-43(6,20-24-53)30-15-9-8-10-16-30/h8-10,15-16,27-29,31-36,54H,11-14,17-26,46-47H2,1-7H3,(H,48,58)(H,49,56)(H,50,55)(H,51,59)(H,52,57). The van der Waals surface area contributed by atoms with E-state index in [0.717, 1.165) is 25.7 Å². The molecule has 1 aromatic carbocycles. The van der Waals surface area contributed by atoms with E-state index in [2.05, 4.69) is 66.4 Å². The Hall–Kier alpha value is -3.77. The van der Waals surface area contributed by atoms with Gasteiger partial charge in [0.1, 0.15) is 24.2 Å². The summed E-state index contributed by atoms with van der Waals surface area (Å²) in [6.07, 6.45) is 5.09. The number of carbonyl (C=O) groups is 5. The maximum atomic E-state index is 13.7. The van der Waals surface area contributed by atoms with Crippen molar-refractivity contribution in [2.24, 2.45) is 28.7 Å². The van der Waals surface area contributed by atoms with E-state index in [4.69, 9.17) is 20.8 Å². The van der Waals surface area contributed by atoms with Gasteiger partial charge in [-0.25, -0.2) is 4.79 Å². The van der Waals surface area contributed by atoms with Crippen LogP contribution in [0, 0.1) is 17.3 Å². The molecular weight excluding hydrogens is 779 g/mol. The molecule has 3 aliphatic carbocycles. The first-order valence-electron chi connectivity index (χ1n) is 22.6. The van der Waals surface area contributed by atoms with Crippen molar-refractivity contribution in [3.05, 3.63) is 35.9 Å². The van der Waals surface area contributed by atoms with Gasteiger partial charge in [-0.1, -0.05) is 51.1 Å². The van der Waals surface area contributed by atoms with Gasteiger partial charge >= 0.3 is 13.1 Å². The molecule has 6 rings (SSSR count). The van der Waals surface area contributed by atoms with Gasteiger partial charge in [0.05, 0.1) is 23.8 Å². The number of aliphatic hydroxyl groups excluding tert-OH is 1. The molecule has 61 heavy (non-hydrogen) atoms. The molecule has 1 aromatic rings. The minimum Gasteiger partial charge on any atom is -0.404 e. The van der Waals surface area contributed by atoms with Gasteiger partial charge in [-0.05, 0) is 133 Å². The van der Waals surface area contributed by atoms with Crippen molar-refractivity contribution >= 4 is 36.8 Å². The zero-order valence-electron chi connectivity index (χ0n) is 37.5. The zero-order valence-corrected chi connectivity index (χ0v) is 37.5. The number of aliphatic hydroxyl groups is 1. The number of hydrogen-bond donors (Lipinski definition) is 8. The van der Waals surface area contributed by atoms with Crippen molar-refractivity contribution in [3.63, 3.8) is 0 Å². The number of carbonyl (C=O) groups excluding carboxylic acids is 5. The maximum Gasteiger partial charge on any atom is 0.481 e. The molecule has 16 nitrogen and oxygen atoms in total. The highest BCUT2D eigenvalue weighted by Crippen LogP contribution is 2.65. The van der Waals surface area contributed by atoms with E-state index in [1.165, 1.54) is 19.4 Å². The smallest absolute Gasteiger partial charge is 0.404 e. The van der Waals surface area contributed by atoms with E-state index in [-0.39, 0.29) is 29.4 Å². The third-order valence-corrected chi connectivity index (χ3v) is 14.3. The number of nitrogens with zero attached hydrogens (tertiary/aromatic N) is 1. The van der Waals surface area contributed by atoms with E-state index >= 15 is 0 Å². The molecule has 10 atom stereocenters. The number of urea groups is 1. The first-order chi connectivity index (χ1) is 28.8. The molecule has 0 radical (unpaired) electrons. The topological polar surface area (TPSA) is 239 Å². The Morgan fingerprint density at radius 1 is 0.787 bits per heavy atom. The highest BCUT2D eigenvalue weighted by atomic mass is 16.7. The second-order valence-electron chi connectivity index (χ2n) is 19.1. The van der Waals surface area contributed by atoms with Crippen LogP contribution in [0.1, 0.15) is 118 Å². The molecular formula is C44H73BN8O8. The minimum atomic E-state index is -1.45. The number of amides is 6. The summed E-state index contributed by atoms with van der Waals surface area (Å²) < 4.78 is 12.9. The fourth-order valence-corrected chi connectivity index (χ4v) is 9.93. The van der Waals surface area contributed by atoms with Crippen molar-refractivity contribution in [3.8, 4) is 0 Å². The highest BCUT2D eigenvalue weighted by molar-refractivity contribution is 6.47. The number of nitrogens with one attached hydrogen (secondary N) is 5. The van der Waals surface area contributed by atoms with Crippen LogP contribution >= 0.6 is 0 Å². The van der Waals surface area contributed by atoms with Gasteiger partial charge in [-0.15, -0.1) is 0 Å². The molecule has 2 saturated heterocycles. The van der Waals surface area contributed by atoms with Crippen LogP contribution in [0.3, 0.4) is 0 Å². The van der Waals surface area contributed by atoms with E-state index in [0.29, 0.717) is 70.1 Å². The lowest BCUT2D eigenvalue weighted by molar-refractivity contribution is -0.199. The largest absolute Gasteiger partial charge is 0.481 e. The molecule has 17 heteroatoms. The second-order valence-corrected chi connectivity index (χ2v) is 19.1. The van der Waals surface area contributed by atoms with Gasteiger partial charge in [0, 0.05) is 13.1 Å². The molecule has 10 unspecified atom stereocenters. The third-order valence-electron chi connectivity index (χ3n) is 14.3. The zero-order chi connectivity index (χ0) is 44.7. The van der Waals surface area contributed by atoms with E-state index in [1.807, 2.05) is 25.1 Å². The predicted molar refractivity (Wildman–Crippen MR) is 234 cm³/mol. The molecule has 10 N–H and O–H groups in total. The fraction of sp³-hybridized carbons (Fsp3) is 0.750. The fourth-order valence-electron chi connectivity index (χ4n) is 9.93. The van der Waals surface area contributed by atoms with Crippen LogP contribution in [-0.4, -0.2) is 121 Å². The van der Waals surface area contributed by atoms with E-state index in [1.54, 1.807) is 4.90 Å². The number of likely N-dealkylation sites (tertiary alicyclic amines) is 1. The average Bonchev–Trinajstić information content (AvgIpc) is 3.60. The summed E-state index contributed by atoms with van der Waals surface area (Å²) in [4.78, 5) is 69.8. The summed E-state index contributed by atoms with van der Waals surface area (Å²) in [6.45, 7) is 15.4. The molecule has 0 aromatic heterocycles. The summed E-state index contributed by atoms with van der Waals surface area (Å²) >= 11 is 0. The Labute approximate surface area is 362 Å². The van der Waals surface area contributed by atoms with Crippen molar-refractivity contribution in [2.45, 2.75) is 166 Å². The predicted octanol–water partition coefficient (Wildman–Crippen LogP) is 2.00. The summed E-state index contributed by atoms with van der Waals surface area (Å²) in [6, 6.07) is 5.29. The van der Waals surface area contributed by atoms with Crippen LogP contribution < -0.4 is 38.1 Å². The molecule has 2 heterocycles. The SMILES string of the molecule is CC(NC(=O)C(CCCCN)NC(=O)C(C)NC(=O)C(NC(=O)C(CCCCN)NC(=O)N1CCC(C)(c2ccccc2)CC1)C(C)O)B1OC2CC3CC(C3(C)C)C2(C)O1.